The van der Waals surface area contributed by atoms with Gasteiger partial charge in [0.25, 0.3) is 0 Å². The van der Waals surface area contributed by atoms with Crippen molar-refractivity contribution in [3.05, 3.63) is 52.7 Å². The molecule has 196 valence electrons. The fourth-order valence-corrected chi connectivity index (χ4v) is 4.84. The number of fused-ring (bicyclic) bond motifs is 1. The Morgan fingerprint density at radius 2 is 1.84 bits per heavy atom. The molecule has 2 aromatic carbocycles. The van der Waals surface area contributed by atoms with Gasteiger partial charge in [-0.25, -0.2) is 0 Å². The fourth-order valence-electron chi connectivity index (χ4n) is 4.84. The van der Waals surface area contributed by atoms with E-state index in [4.69, 9.17) is 15.7 Å². The van der Waals surface area contributed by atoms with Gasteiger partial charge in [-0.2, -0.15) is 10.4 Å². The third-order valence-electron chi connectivity index (χ3n) is 6.96. The molecule has 7 nitrogen and oxygen atoms in total. The van der Waals surface area contributed by atoms with Gasteiger partial charge in [-0.1, -0.05) is 39.2 Å². The molecule has 0 radical (unpaired) electrons. The number of nitrogens with one attached hydrogen (secondary N) is 1. The maximum absolute atomic E-state index is 12.6. The van der Waals surface area contributed by atoms with Crippen LogP contribution in [0.3, 0.4) is 0 Å². The van der Waals surface area contributed by atoms with Crippen molar-refractivity contribution >= 4 is 28.2 Å². The van der Waals surface area contributed by atoms with Crippen LogP contribution >= 0.6 is 0 Å². The zero-order chi connectivity index (χ0) is 26.8. The molecule has 0 saturated heterocycles. The quantitative estimate of drug-likeness (QED) is 0.193. The second-order valence-corrected chi connectivity index (χ2v) is 9.56. The molecule has 0 unspecified atom stereocenters. The number of hydrogen-bond donors (Lipinski definition) is 2. The maximum Gasteiger partial charge on any atom is 0.186 e. The van der Waals surface area contributed by atoms with E-state index in [2.05, 4.69) is 42.2 Å². The van der Waals surface area contributed by atoms with E-state index < -0.39 is 0 Å². The molecule has 3 N–H and O–H groups in total. The highest BCUT2D eigenvalue weighted by molar-refractivity contribution is 6.10. The van der Waals surface area contributed by atoms with Crippen molar-refractivity contribution in [2.45, 2.75) is 78.6 Å². The van der Waals surface area contributed by atoms with Gasteiger partial charge in [0.2, 0.25) is 0 Å². The van der Waals surface area contributed by atoms with Crippen molar-refractivity contribution in [1.29, 1.82) is 5.26 Å². The number of ketones is 2. The predicted molar refractivity (Wildman–Crippen MR) is 147 cm³/mol. The number of hydrogen-bond acceptors (Lipinski definition) is 6. The second kappa shape index (κ2) is 13.6. The summed E-state index contributed by atoms with van der Waals surface area (Å²) in [5, 5.41) is 16.1. The topological polar surface area (TPSA) is 122 Å². The first-order valence-corrected chi connectivity index (χ1v) is 13.3. The van der Waals surface area contributed by atoms with Gasteiger partial charge in [-0.3, -0.25) is 14.7 Å². The number of aromatic amines is 1. The number of anilines is 1. The predicted octanol–water partition coefficient (Wildman–Crippen LogP) is 6.60. The van der Waals surface area contributed by atoms with Crippen LogP contribution in [0.15, 0.2) is 30.3 Å². The molecule has 4 rings (SSSR count). The van der Waals surface area contributed by atoms with Crippen LogP contribution in [0.2, 0.25) is 0 Å². The molecule has 0 bridgehead atoms. The lowest BCUT2D eigenvalue weighted by atomic mass is 9.84. The summed E-state index contributed by atoms with van der Waals surface area (Å²) < 4.78 is 5.60. The molecule has 1 heterocycles. The van der Waals surface area contributed by atoms with Crippen molar-refractivity contribution in [1.82, 2.24) is 10.2 Å². The summed E-state index contributed by atoms with van der Waals surface area (Å²) in [6.07, 6.45) is 8.74. The number of rotatable bonds is 9. The van der Waals surface area contributed by atoms with Crippen LogP contribution in [0, 0.1) is 17.2 Å². The molecule has 7 heteroatoms. The first kappa shape index (κ1) is 27.9. The minimum atomic E-state index is -0.105. The van der Waals surface area contributed by atoms with E-state index in [-0.39, 0.29) is 17.5 Å². The average molecular weight is 503 g/mol. The lowest BCUT2D eigenvalue weighted by Crippen LogP contribution is -2.18. The van der Waals surface area contributed by atoms with Crippen molar-refractivity contribution < 1.29 is 14.3 Å². The van der Waals surface area contributed by atoms with Crippen molar-refractivity contribution in [3.8, 4) is 11.8 Å². The molecule has 3 aromatic rings. The third-order valence-corrected chi connectivity index (χ3v) is 6.96. The Labute approximate surface area is 219 Å². The van der Waals surface area contributed by atoms with Crippen LogP contribution in [0.4, 0.5) is 5.69 Å². The molecule has 37 heavy (non-hydrogen) atoms. The zero-order valence-electron chi connectivity index (χ0n) is 22.2. The normalized spacial score (nSPS) is 13.5. The Hall–Kier alpha value is -3.66. The minimum Gasteiger partial charge on any atom is -0.494 e. The Bertz CT molecular complexity index is 1270. The lowest BCUT2D eigenvalue weighted by molar-refractivity contribution is 0.0885. The number of aryl methyl sites for hydroxylation is 2. The monoisotopic (exact) mass is 502 g/mol. The second-order valence-electron chi connectivity index (χ2n) is 9.56. The number of benzene rings is 2. The first-order chi connectivity index (χ1) is 17.9. The number of nitrogens with zero attached hydrogens (tertiary/aromatic N) is 2. The summed E-state index contributed by atoms with van der Waals surface area (Å²) in [5.74, 6) is 0.961. The highest BCUT2D eigenvalue weighted by Crippen LogP contribution is 2.30. The van der Waals surface area contributed by atoms with Gasteiger partial charge in [0.15, 0.2) is 11.6 Å². The molecule has 0 atom stereocenters. The Kier molecular flexibility index (Phi) is 10.3. The summed E-state index contributed by atoms with van der Waals surface area (Å²) in [6, 6.07) is 11.8. The highest BCUT2D eigenvalue weighted by Gasteiger charge is 2.26. The van der Waals surface area contributed by atoms with E-state index in [1.54, 1.807) is 12.1 Å². The largest absolute Gasteiger partial charge is 0.494 e. The average Bonchev–Trinajstić information content (AvgIpc) is 3.33. The van der Waals surface area contributed by atoms with Crippen LogP contribution < -0.4 is 10.5 Å². The summed E-state index contributed by atoms with van der Waals surface area (Å²) >= 11 is 0. The Morgan fingerprint density at radius 3 is 2.49 bits per heavy atom. The summed E-state index contributed by atoms with van der Waals surface area (Å²) in [7, 11) is 0. The van der Waals surface area contributed by atoms with Crippen molar-refractivity contribution in [2.75, 3.05) is 12.3 Å². The SMILES string of the molecule is CC(=O)c1cc2c(C(=O)C3CCCCC3)n[nH]c2cc1N.CCc1ccc(OCCCC#N)cc1CC. The van der Waals surface area contributed by atoms with E-state index in [1.165, 1.54) is 24.5 Å². The summed E-state index contributed by atoms with van der Waals surface area (Å²) in [4.78, 5) is 24.3. The summed E-state index contributed by atoms with van der Waals surface area (Å²) in [6.45, 7) is 6.43. The van der Waals surface area contributed by atoms with Crippen LogP contribution in [0.1, 0.15) is 97.7 Å². The van der Waals surface area contributed by atoms with Crippen LogP contribution in [-0.4, -0.2) is 28.4 Å². The van der Waals surface area contributed by atoms with E-state index in [1.807, 2.05) is 6.07 Å². The number of nitrogens with two attached hydrogens (primary N) is 1. The third kappa shape index (κ3) is 7.19. The molecule has 0 amide bonds. The molecule has 1 aliphatic rings. The Balaban J connectivity index is 0.000000214. The van der Waals surface area contributed by atoms with Gasteiger partial charge in [0, 0.05) is 29.0 Å². The number of carbonyl (C=O) groups is 2. The molecule has 0 spiro atoms. The number of carbonyl (C=O) groups excluding carboxylic acids is 2. The van der Waals surface area contributed by atoms with Crippen molar-refractivity contribution in [3.63, 3.8) is 0 Å². The van der Waals surface area contributed by atoms with Gasteiger partial charge in [0.1, 0.15) is 11.4 Å². The fraction of sp³-hybridized carbons (Fsp3) is 0.467. The molecule has 1 saturated carbocycles. The van der Waals surface area contributed by atoms with Gasteiger partial charge in [-0.15, -0.1) is 0 Å². The zero-order valence-corrected chi connectivity index (χ0v) is 22.2. The maximum atomic E-state index is 12.6. The van der Waals surface area contributed by atoms with Gasteiger partial charge < -0.3 is 10.5 Å². The Morgan fingerprint density at radius 1 is 1.11 bits per heavy atom. The highest BCUT2D eigenvalue weighted by atomic mass is 16.5. The smallest absolute Gasteiger partial charge is 0.186 e. The van der Waals surface area contributed by atoms with E-state index in [0.717, 1.165) is 50.7 Å². The van der Waals surface area contributed by atoms with Crippen molar-refractivity contribution in [2.24, 2.45) is 5.92 Å². The van der Waals surface area contributed by atoms with Crippen LogP contribution in [0.5, 0.6) is 5.75 Å². The van der Waals surface area contributed by atoms with E-state index in [0.29, 0.717) is 40.9 Å². The van der Waals surface area contributed by atoms with E-state index in [9.17, 15) is 9.59 Å². The molecule has 0 aliphatic heterocycles. The number of Topliss-reactive ketones (excluding diaryl/α,β-unsaturated/α-hetero) is 2. The van der Waals surface area contributed by atoms with Crippen LogP contribution in [-0.2, 0) is 12.8 Å². The number of aromatic nitrogens is 2. The number of nitriles is 1. The van der Waals surface area contributed by atoms with Gasteiger partial charge >= 0.3 is 0 Å². The number of ether oxygens (including phenoxy) is 1. The summed E-state index contributed by atoms with van der Waals surface area (Å²) in [5.41, 5.74) is 10.6. The minimum absolute atomic E-state index is 0.0589. The van der Waals surface area contributed by atoms with Gasteiger partial charge in [-0.05, 0) is 74.4 Å². The molecule has 1 fully saturated rings. The molecular weight excluding hydrogens is 464 g/mol. The number of H-pyrrole nitrogens is 1. The van der Waals surface area contributed by atoms with E-state index >= 15 is 0 Å². The lowest BCUT2D eigenvalue weighted by Gasteiger charge is -2.19. The molecule has 1 aliphatic carbocycles. The van der Waals surface area contributed by atoms with Crippen LogP contribution in [0.25, 0.3) is 10.9 Å². The number of unbranched alkanes of at least 4 members (excludes halogenated alkanes) is 1. The number of nitrogen functional groups attached to an aromatic ring is 1. The first-order valence-electron chi connectivity index (χ1n) is 13.3. The molecular formula is C30H38N4O3. The van der Waals surface area contributed by atoms with Gasteiger partial charge in [0.05, 0.1) is 18.2 Å². The molecule has 1 aromatic heterocycles. The standard InChI is InChI=1S/C16H19N3O2.C14H19NO/c1-9(20)11-7-12-14(8-13(11)17)18-19-15(12)16(21)10-5-3-2-4-6-10;1-3-12-7-8-14(11-13(12)4-2)16-10-6-5-9-15/h7-8,10H,2-6,17H2,1H3,(H,18,19);7-8,11H,3-6,10H2,1-2H3.